The first-order valence-electron chi connectivity index (χ1n) is 10.4. The number of hydrogen-bond acceptors (Lipinski definition) is 7. The fourth-order valence-electron chi connectivity index (χ4n) is 3.05. The second-order valence-corrected chi connectivity index (χ2v) is 8.19. The number of ether oxygens (including phenoxy) is 3. The van der Waals surface area contributed by atoms with Gasteiger partial charge in [-0.05, 0) is 42.3 Å². The lowest BCUT2D eigenvalue weighted by molar-refractivity contribution is -0.142. The second kappa shape index (κ2) is 13.1. The van der Waals surface area contributed by atoms with E-state index in [1.54, 1.807) is 24.3 Å². The molecule has 0 fully saturated rings. The molecule has 0 aliphatic rings. The van der Waals surface area contributed by atoms with E-state index in [9.17, 15) is 24.3 Å². The lowest BCUT2D eigenvalue weighted by Gasteiger charge is -2.17. The molecule has 0 saturated carbocycles. The summed E-state index contributed by atoms with van der Waals surface area (Å²) in [5.41, 5.74) is 0.336. The van der Waals surface area contributed by atoms with Gasteiger partial charge in [-0.25, -0.2) is 4.79 Å². The number of benzene rings is 2. The van der Waals surface area contributed by atoms with Crippen molar-refractivity contribution in [3.05, 3.63) is 57.7 Å². The van der Waals surface area contributed by atoms with Crippen LogP contribution in [-0.2, 0) is 14.4 Å². The Morgan fingerprint density at radius 3 is 2.03 bits per heavy atom. The molecule has 0 bridgehead atoms. The Balaban J connectivity index is 2.42. The Labute approximate surface area is 215 Å². The van der Waals surface area contributed by atoms with Crippen molar-refractivity contribution in [1.82, 2.24) is 10.6 Å². The summed E-state index contributed by atoms with van der Waals surface area (Å²) in [4.78, 5) is 48.5. The van der Waals surface area contributed by atoms with Crippen LogP contribution >= 0.6 is 15.9 Å². The number of carbonyl (C=O) groups excluding carboxylic acids is 2. The van der Waals surface area contributed by atoms with E-state index in [0.29, 0.717) is 5.56 Å². The maximum atomic E-state index is 13.1. The van der Waals surface area contributed by atoms with Gasteiger partial charge in [0.2, 0.25) is 5.75 Å². The van der Waals surface area contributed by atoms with Gasteiger partial charge in [-0.3, -0.25) is 14.4 Å². The van der Waals surface area contributed by atoms with Crippen LogP contribution in [0.2, 0.25) is 0 Å². The van der Waals surface area contributed by atoms with Crippen LogP contribution in [0, 0.1) is 0 Å². The highest BCUT2D eigenvalue weighted by Crippen LogP contribution is 2.38. The molecule has 0 saturated heterocycles. The molecule has 192 valence electrons. The van der Waals surface area contributed by atoms with Crippen molar-refractivity contribution >= 4 is 45.8 Å². The summed E-state index contributed by atoms with van der Waals surface area (Å²) >= 11 is 3.31. The number of amides is 2. The summed E-state index contributed by atoms with van der Waals surface area (Å²) in [6.07, 6.45) is 0.539. The van der Waals surface area contributed by atoms with Crippen LogP contribution in [0.15, 0.2) is 46.6 Å². The minimum atomic E-state index is -1.49. The summed E-state index contributed by atoms with van der Waals surface area (Å²) in [6.45, 7) is 0. The zero-order valence-corrected chi connectivity index (χ0v) is 21.2. The molecule has 36 heavy (non-hydrogen) atoms. The molecule has 0 aliphatic heterocycles. The first kappa shape index (κ1) is 28.2. The first-order chi connectivity index (χ1) is 17.1. The predicted molar refractivity (Wildman–Crippen MR) is 132 cm³/mol. The first-order valence-corrected chi connectivity index (χ1v) is 11.2. The molecule has 2 amide bonds. The zero-order chi connectivity index (χ0) is 26.8. The van der Waals surface area contributed by atoms with Crippen molar-refractivity contribution in [2.45, 2.75) is 18.9 Å². The fraction of sp³-hybridized carbons (Fsp3) is 0.250. The Bertz CT molecular complexity index is 1140. The summed E-state index contributed by atoms with van der Waals surface area (Å²) in [5, 5.41) is 23.0. The molecule has 2 aromatic rings. The number of halogens is 1. The van der Waals surface area contributed by atoms with E-state index in [1.165, 1.54) is 39.5 Å². The second-order valence-electron chi connectivity index (χ2n) is 7.27. The number of carbonyl (C=O) groups is 4. The molecule has 0 heterocycles. The van der Waals surface area contributed by atoms with Gasteiger partial charge >= 0.3 is 11.9 Å². The largest absolute Gasteiger partial charge is 0.493 e. The van der Waals surface area contributed by atoms with E-state index in [1.807, 2.05) is 0 Å². The van der Waals surface area contributed by atoms with Gasteiger partial charge in [-0.1, -0.05) is 28.1 Å². The fourth-order valence-corrected chi connectivity index (χ4v) is 3.32. The number of carboxylic acid groups (broad SMARTS) is 2. The highest BCUT2D eigenvalue weighted by atomic mass is 79.9. The molecule has 0 spiro atoms. The van der Waals surface area contributed by atoms with Gasteiger partial charge in [0, 0.05) is 16.5 Å². The predicted octanol–water partition coefficient (Wildman–Crippen LogP) is 2.68. The van der Waals surface area contributed by atoms with Crippen molar-refractivity contribution in [3.63, 3.8) is 0 Å². The lowest BCUT2D eigenvalue weighted by Crippen LogP contribution is -2.44. The van der Waals surface area contributed by atoms with E-state index in [2.05, 4.69) is 26.6 Å². The van der Waals surface area contributed by atoms with Gasteiger partial charge in [0.1, 0.15) is 11.7 Å². The van der Waals surface area contributed by atoms with Crippen molar-refractivity contribution in [2.24, 2.45) is 0 Å². The standard InChI is InChI=1S/C24H25BrN2O9/c1-34-18-11-14(12-19(35-2)21(18)36-3)22(30)27-17(10-13-4-6-15(25)7-5-13)23(31)26-16(24(32)33)8-9-20(28)29/h4-7,10-12,16H,8-9H2,1-3H3,(H,26,31)(H,27,30)(H,28,29)(H,32,33)/b17-10+. The molecule has 1 atom stereocenters. The van der Waals surface area contributed by atoms with E-state index >= 15 is 0 Å². The monoisotopic (exact) mass is 564 g/mol. The SMILES string of the molecule is COc1cc(C(=O)N/C(=C/c2ccc(Br)cc2)C(=O)NC(CCC(=O)O)C(=O)O)cc(OC)c1OC. The van der Waals surface area contributed by atoms with E-state index in [-0.39, 0.29) is 34.9 Å². The van der Waals surface area contributed by atoms with Crippen LogP contribution in [0.5, 0.6) is 17.2 Å². The van der Waals surface area contributed by atoms with Gasteiger partial charge in [-0.15, -0.1) is 0 Å². The van der Waals surface area contributed by atoms with Gasteiger partial charge in [0.05, 0.1) is 21.3 Å². The van der Waals surface area contributed by atoms with Gasteiger partial charge in [-0.2, -0.15) is 0 Å². The van der Waals surface area contributed by atoms with Crippen LogP contribution in [-0.4, -0.2) is 61.3 Å². The van der Waals surface area contributed by atoms with Gasteiger partial charge in [0.15, 0.2) is 11.5 Å². The van der Waals surface area contributed by atoms with Crippen molar-refractivity contribution < 1.29 is 43.6 Å². The highest BCUT2D eigenvalue weighted by molar-refractivity contribution is 9.10. The molecule has 2 aromatic carbocycles. The maximum absolute atomic E-state index is 13.1. The Morgan fingerprint density at radius 1 is 0.972 bits per heavy atom. The average molecular weight is 565 g/mol. The number of rotatable bonds is 12. The lowest BCUT2D eigenvalue weighted by atomic mass is 10.1. The van der Waals surface area contributed by atoms with E-state index in [0.717, 1.165) is 4.47 Å². The molecular weight excluding hydrogens is 540 g/mol. The number of nitrogens with one attached hydrogen (secondary N) is 2. The quantitative estimate of drug-likeness (QED) is 0.284. The van der Waals surface area contributed by atoms with Crippen LogP contribution in [0.25, 0.3) is 6.08 Å². The third-order valence-corrected chi connectivity index (χ3v) is 5.38. The topological polar surface area (TPSA) is 160 Å². The number of carboxylic acids is 2. The molecule has 0 aliphatic carbocycles. The Kier molecular flexibility index (Phi) is 10.3. The van der Waals surface area contributed by atoms with E-state index < -0.39 is 36.2 Å². The molecule has 4 N–H and O–H groups in total. The summed E-state index contributed by atoms with van der Waals surface area (Å²) in [7, 11) is 4.18. The maximum Gasteiger partial charge on any atom is 0.326 e. The molecule has 11 nitrogen and oxygen atoms in total. The van der Waals surface area contributed by atoms with Crippen LogP contribution in [0.4, 0.5) is 0 Å². The minimum absolute atomic E-state index is 0.0691. The third kappa shape index (κ3) is 7.73. The van der Waals surface area contributed by atoms with Crippen molar-refractivity contribution in [2.75, 3.05) is 21.3 Å². The molecule has 1 unspecified atom stereocenters. The minimum Gasteiger partial charge on any atom is -0.493 e. The Hall–Kier alpha value is -4.06. The number of hydrogen-bond donors (Lipinski definition) is 4. The highest BCUT2D eigenvalue weighted by Gasteiger charge is 2.25. The third-order valence-electron chi connectivity index (χ3n) is 4.85. The molecular formula is C24H25BrN2O9. The summed E-state index contributed by atoms with van der Waals surface area (Å²) < 4.78 is 16.5. The summed E-state index contributed by atoms with van der Waals surface area (Å²) in [6, 6.07) is 8.06. The van der Waals surface area contributed by atoms with Crippen molar-refractivity contribution in [3.8, 4) is 17.2 Å². The zero-order valence-electron chi connectivity index (χ0n) is 19.7. The van der Waals surface area contributed by atoms with Gasteiger partial charge in [0.25, 0.3) is 11.8 Å². The average Bonchev–Trinajstić information content (AvgIpc) is 2.85. The number of methoxy groups -OCH3 is 3. The van der Waals surface area contributed by atoms with E-state index in [4.69, 9.17) is 19.3 Å². The van der Waals surface area contributed by atoms with Gasteiger partial charge < -0.3 is 35.1 Å². The van der Waals surface area contributed by atoms with Crippen LogP contribution in [0.3, 0.4) is 0 Å². The molecule has 0 aromatic heterocycles. The normalized spacial score (nSPS) is 11.7. The Morgan fingerprint density at radius 2 is 1.56 bits per heavy atom. The van der Waals surface area contributed by atoms with Crippen LogP contribution < -0.4 is 24.8 Å². The smallest absolute Gasteiger partial charge is 0.326 e. The van der Waals surface area contributed by atoms with Crippen LogP contribution in [0.1, 0.15) is 28.8 Å². The summed E-state index contributed by atoms with van der Waals surface area (Å²) in [5.74, 6) is -3.57. The molecule has 0 radical (unpaired) electrons. The number of aliphatic carboxylic acids is 2. The molecule has 12 heteroatoms. The molecule has 2 rings (SSSR count). The van der Waals surface area contributed by atoms with Crippen molar-refractivity contribution in [1.29, 1.82) is 0 Å².